The second kappa shape index (κ2) is 9.48. The molecule has 0 atom stereocenters. The summed E-state index contributed by atoms with van der Waals surface area (Å²) in [6.07, 6.45) is 2.06. The van der Waals surface area contributed by atoms with E-state index in [1.807, 2.05) is 36.4 Å². The maximum absolute atomic E-state index is 12.7. The molecule has 2 N–H and O–H groups in total. The lowest BCUT2D eigenvalue weighted by Crippen LogP contribution is -2.49. The van der Waals surface area contributed by atoms with Gasteiger partial charge in [-0.15, -0.1) is 0 Å². The highest BCUT2D eigenvalue weighted by Crippen LogP contribution is 2.38. The summed E-state index contributed by atoms with van der Waals surface area (Å²) in [6, 6.07) is 22.5. The molecule has 3 aromatic carbocycles. The van der Waals surface area contributed by atoms with Gasteiger partial charge in [-0.25, -0.2) is 0 Å². The SMILES string of the molecule is CC(C)(C)c1ccc(CC(=O)Nc2cccc(-c3ccc4c(c3)COC3(CCNCC3)O4)c2)cc1. The van der Waals surface area contributed by atoms with Gasteiger partial charge >= 0.3 is 0 Å². The molecule has 5 rings (SSSR count). The van der Waals surface area contributed by atoms with Crippen molar-refractivity contribution in [3.63, 3.8) is 0 Å². The van der Waals surface area contributed by atoms with Crippen LogP contribution in [0.5, 0.6) is 5.75 Å². The number of carbonyl (C=O) groups excluding carboxylic acids is 1. The van der Waals surface area contributed by atoms with Crippen molar-refractivity contribution in [1.82, 2.24) is 5.32 Å². The Labute approximate surface area is 207 Å². The van der Waals surface area contributed by atoms with Crippen molar-refractivity contribution < 1.29 is 14.3 Å². The average Bonchev–Trinajstić information content (AvgIpc) is 2.84. The van der Waals surface area contributed by atoms with Gasteiger partial charge in [0, 0.05) is 37.2 Å². The lowest BCUT2D eigenvalue weighted by atomic mass is 9.86. The lowest BCUT2D eigenvalue weighted by Gasteiger charge is -2.41. The Morgan fingerprint density at radius 2 is 1.71 bits per heavy atom. The minimum atomic E-state index is -0.489. The molecule has 1 spiro atoms. The van der Waals surface area contributed by atoms with Gasteiger partial charge in [-0.3, -0.25) is 4.79 Å². The molecule has 1 amide bonds. The molecule has 1 saturated heterocycles. The first-order chi connectivity index (χ1) is 16.8. The number of carbonyl (C=O) groups is 1. The van der Waals surface area contributed by atoms with Gasteiger partial charge in [-0.1, -0.05) is 63.2 Å². The zero-order valence-corrected chi connectivity index (χ0v) is 20.8. The van der Waals surface area contributed by atoms with Crippen molar-refractivity contribution in [2.24, 2.45) is 0 Å². The van der Waals surface area contributed by atoms with Crippen molar-refractivity contribution in [2.75, 3.05) is 18.4 Å². The summed E-state index contributed by atoms with van der Waals surface area (Å²) >= 11 is 0. The van der Waals surface area contributed by atoms with E-state index in [0.29, 0.717) is 13.0 Å². The Bertz CT molecular complexity index is 1210. The topological polar surface area (TPSA) is 59.6 Å². The van der Waals surface area contributed by atoms with Gasteiger partial charge in [0.05, 0.1) is 13.0 Å². The highest BCUT2D eigenvalue weighted by Gasteiger charge is 2.38. The van der Waals surface area contributed by atoms with Crippen LogP contribution in [0.1, 0.15) is 50.3 Å². The summed E-state index contributed by atoms with van der Waals surface area (Å²) in [7, 11) is 0. The van der Waals surface area contributed by atoms with E-state index in [4.69, 9.17) is 9.47 Å². The first kappa shape index (κ1) is 23.6. The van der Waals surface area contributed by atoms with Gasteiger partial charge in [0.25, 0.3) is 0 Å². The number of benzene rings is 3. The molecule has 2 aliphatic rings. The van der Waals surface area contributed by atoms with Crippen molar-refractivity contribution in [1.29, 1.82) is 0 Å². The third kappa shape index (κ3) is 5.42. The van der Waals surface area contributed by atoms with Crippen LogP contribution >= 0.6 is 0 Å². The number of amides is 1. The predicted molar refractivity (Wildman–Crippen MR) is 140 cm³/mol. The number of anilines is 1. The summed E-state index contributed by atoms with van der Waals surface area (Å²) < 4.78 is 12.5. The van der Waals surface area contributed by atoms with Gasteiger partial charge in [-0.2, -0.15) is 0 Å². The number of rotatable bonds is 4. The molecule has 5 nitrogen and oxygen atoms in total. The van der Waals surface area contributed by atoms with Crippen LogP contribution in [-0.4, -0.2) is 24.8 Å². The molecule has 0 bridgehead atoms. The molecule has 0 radical (unpaired) electrons. The molecule has 2 heterocycles. The van der Waals surface area contributed by atoms with Crippen LogP contribution < -0.4 is 15.4 Å². The molecule has 182 valence electrons. The molecule has 0 aromatic heterocycles. The molecule has 35 heavy (non-hydrogen) atoms. The Morgan fingerprint density at radius 3 is 2.46 bits per heavy atom. The maximum atomic E-state index is 12.7. The molecule has 0 unspecified atom stereocenters. The van der Waals surface area contributed by atoms with Crippen LogP contribution in [0.2, 0.25) is 0 Å². The molecule has 5 heteroatoms. The highest BCUT2D eigenvalue weighted by atomic mass is 16.7. The second-order valence-corrected chi connectivity index (χ2v) is 10.6. The fourth-order valence-corrected chi connectivity index (χ4v) is 4.75. The monoisotopic (exact) mass is 470 g/mol. The van der Waals surface area contributed by atoms with Crippen molar-refractivity contribution in [2.45, 2.75) is 57.8 Å². The molecule has 2 aliphatic heterocycles. The molecular formula is C30H34N2O3. The second-order valence-electron chi connectivity index (χ2n) is 10.6. The Balaban J connectivity index is 1.26. The largest absolute Gasteiger partial charge is 0.462 e. The molecule has 3 aromatic rings. The van der Waals surface area contributed by atoms with Gasteiger partial charge in [0.15, 0.2) is 0 Å². The van der Waals surface area contributed by atoms with Gasteiger partial charge < -0.3 is 20.1 Å². The van der Waals surface area contributed by atoms with Crippen molar-refractivity contribution >= 4 is 11.6 Å². The zero-order valence-electron chi connectivity index (χ0n) is 20.8. The van der Waals surface area contributed by atoms with Gasteiger partial charge in [0.1, 0.15) is 5.75 Å². The van der Waals surface area contributed by atoms with Crippen LogP contribution in [0.15, 0.2) is 66.7 Å². The summed E-state index contributed by atoms with van der Waals surface area (Å²) in [6.45, 7) is 8.94. The Hall–Kier alpha value is -3.15. The summed E-state index contributed by atoms with van der Waals surface area (Å²) in [5, 5.41) is 6.41. The third-order valence-corrected chi connectivity index (χ3v) is 6.88. The van der Waals surface area contributed by atoms with Crippen LogP contribution in [-0.2, 0) is 28.0 Å². The maximum Gasteiger partial charge on any atom is 0.228 e. The van der Waals surface area contributed by atoms with E-state index in [1.54, 1.807) is 0 Å². The number of hydrogen-bond acceptors (Lipinski definition) is 4. The smallest absolute Gasteiger partial charge is 0.228 e. The number of nitrogens with one attached hydrogen (secondary N) is 2. The first-order valence-corrected chi connectivity index (χ1v) is 12.5. The Morgan fingerprint density at radius 1 is 0.971 bits per heavy atom. The number of ether oxygens (including phenoxy) is 2. The summed E-state index contributed by atoms with van der Waals surface area (Å²) in [5.74, 6) is 0.394. The molecular weight excluding hydrogens is 436 g/mol. The third-order valence-electron chi connectivity index (χ3n) is 6.88. The standard InChI is InChI=1S/C30H34N2O3/c1-29(2,3)25-10-7-21(8-11-25)17-28(33)32-26-6-4-5-22(19-26)23-9-12-27-24(18-23)20-34-30(35-27)13-15-31-16-14-30/h4-12,18-19,31H,13-17,20H2,1-3H3,(H,32,33). The van der Waals surface area contributed by atoms with E-state index in [1.165, 1.54) is 5.56 Å². The summed E-state index contributed by atoms with van der Waals surface area (Å²) in [5.41, 5.74) is 6.34. The van der Waals surface area contributed by atoms with E-state index in [9.17, 15) is 4.79 Å². The number of hydrogen-bond donors (Lipinski definition) is 2. The van der Waals surface area contributed by atoms with Crippen LogP contribution in [0.25, 0.3) is 11.1 Å². The highest BCUT2D eigenvalue weighted by molar-refractivity contribution is 5.93. The molecule has 0 saturated carbocycles. The van der Waals surface area contributed by atoms with Crippen molar-refractivity contribution in [3.8, 4) is 16.9 Å². The van der Waals surface area contributed by atoms with Gasteiger partial charge in [-0.05, 0) is 51.9 Å². The minimum absolute atomic E-state index is 0.0230. The first-order valence-electron chi connectivity index (χ1n) is 12.5. The van der Waals surface area contributed by atoms with Crippen molar-refractivity contribution in [3.05, 3.63) is 83.4 Å². The minimum Gasteiger partial charge on any atom is -0.462 e. The number of piperidine rings is 1. The predicted octanol–water partition coefficient (Wildman–Crippen LogP) is 5.82. The van der Waals surface area contributed by atoms with E-state index < -0.39 is 5.79 Å². The fraction of sp³-hybridized carbons (Fsp3) is 0.367. The normalized spacial score (nSPS) is 16.9. The Kier molecular flexibility index (Phi) is 6.39. The van der Waals surface area contributed by atoms with Crippen LogP contribution in [0.3, 0.4) is 0 Å². The fourth-order valence-electron chi connectivity index (χ4n) is 4.75. The average molecular weight is 471 g/mol. The lowest BCUT2D eigenvalue weighted by molar-refractivity contribution is -0.218. The molecule has 1 fully saturated rings. The van der Waals surface area contributed by atoms with Gasteiger partial charge in [0.2, 0.25) is 11.7 Å². The summed E-state index contributed by atoms with van der Waals surface area (Å²) in [4.78, 5) is 12.7. The van der Waals surface area contributed by atoms with E-state index in [-0.39, 0.29) is 11.3 Å². The quantitative estimate of drug-likeness (QED) is 0.504. The molecule has 0 aliphatic carbocycles. The van der Waals surface area contributed by atoms with E-state index >= 15 is 0 Å². The number of fused-ring (bicyclic) bond motifs is 1. The van der Waals surface area contributed by atoms with E-state index in [0.717, 1.165) is 59.6 Å². The van der Waals surface area contributed by atoms with Crippen LogP contribution in [0.4, 0.5) is 5.69 Å². The van der Waals surface area contributed by atoms with Crippen LogP contribution in [0, 0.1) is 0 Å². The van der Waals surface area contributed by atoms with E-state index in [2.05, 4.69) is 61.7 Å². The zero-order chi connectivity index (χ0) is 24.5.